The predicted octanol–water partition coefficient (Wildman–Crippen LogP) is 3.22. The summed E-state index contributed by atoms with van der Waals surface area (Å²) in [5, 5.41) is 8.02. The molecule has 1 fully saturated rings. The van der Waals surface area contributed by atoms with E-state index in [2.05, 4.69) is 20.4 Å². The summed E-state index contributed by atoms with van der Waals surface area (Å²) in [5.41, 5.74) is 2.19. The molecule has 0 aliphatic heterocycles. The minimum atomic E-state index is -0.241. The van der Waals surface area contributed by atoms with Gasteiger partial charge in [0.15, 0.2) is 5.65 Å². The van der Waals surface area contributed by atoms with E-state index in [1.54, 1.807) is 16.8 Å². The molecular formula is C20H16FN5O. The van der Waals surface area contributed by atoms with Crippen LogP contribution in [0.5, 0.6) is 0 Å². The van der Waals surface area contributed by atoms with Gasteiger partial charge in [0, 0.05) is 12.0 Å². The van der Waals surface area contributed by atoms with Crippen molar-refractivity contribution in [3.63, 3.8) is 0 Å². The molecule has 2 N–H and O–H groups in total. The second-order valence-electron chi connectivity index (χ2n) is 6.69. The summed E-state index contributed by atoms with van der Waals surface area (Å²) in [4.78, 5) is 19.7. The number of H-pyrrole nitrogens is 1. The van der Waals surface area contributed by atoms with Crippen LogP contribution in [0.3, 0.4) is 0 Å². The third-order valence-electron chi connectivity index (χ3n) is 4.85. The Hall–Kier alpha value is -3.48. The number of para-hydroxylation sites is 1. The van der Waals surface area contributed by atoms with Gasteiger partial charge in [-0.2, -0.15) is 10.1 Å². The number of anilines is 1. The van der Waals surface area contributed by atoms with Crippen LogP contribution in [0.25, 0.3) is 16.7 Å². The van der Waals surface area contributed by atoms with Crippen LogP contribution in [-0.4, -0.2) is 25.8 Å². The maximum absolute atomic E-state index is 13.1. The number of aromatic amines is 1. The van der Waals surface area contributed by atoms with E-state index >= 15 is 0 Å². The van der Waals surface area contributed by atoms with E-state index in [4.69, 9.17) is 0 Å². The van der Waals surface area contributed by atoms with Gasteiger partial charge >= 0.3 is 0 Å². The monoisotopic (exact) mass is 361 g/mol. The fourth-order valence-electron chi connectivity index (χ4n) is 3.35. The van der Waals surface area contributed by atoms with Gasteiger partial charge in [-0.1, -0.05) is 30.3 Å². The number of aromatic nitrogens is 4. The van der Waals surface area contributed by atoms with Crippen molar-refractivity contribution in [3.8, 4) is 5.69 Å². The minimum Gasteiger partial charge on any atom is -0.352 e. The summed E-state index contributed by atoms with van der Waals surface area (Å²) in [7, 11) is 0. The van der Waals surface area contributed by atoms with Gasteiger partial charge in [0.1, 0.15) is 11.2 Å². The number of benzene rings is 2. The van der Waals surface area contributed by atoms with Crippen LogP contribution < -0.4 is 10.9 Å². The molecule has 7 heteroatoms. The van der Waals surface area contributed by atoms with Crippen LogP contribution in [0.1, 0.15) is 17.9 Å². The summed E-state index contributed by atoms with van der Waals surface area (Å²) < 4.78 is 14.7. The maximum Gasteiger partial charge on any atom is 0.263 e. The molecule has 2 heterocycles. The van der Waals surface area contributed by atoms with E-state index in [0.717, 1.165) is 17.7 Å². The second-order valence-corrected chi connectivity index (χ2v) is 6.69. The van der Waals surface area contributed by atoms with Gasteiger partial charge in [0.2, 0.25) is 5.95 Å². The van der Waals surface area contributed by atoms with Gasteiger partial charge in [-0.15, -0.1) is 0 Å². The van der Waals surface area contributed by atoms with Gasteiger partial charge < -0.3 is 5.32 Å². The van der Waals surface area contributed by atoms with Crippen LogP contribution in [0, 0.1) is 5.82 Å². The number of fused-ring (bicyclic) bond motifs is 1. The molecule has 0 spiro atoms. The van der Waals surface area contributed by atoms with Gasteiger partial charge in [-0.25, -0.2) is 9.07 Å². The number of hydrogen-bond donors (Lipinski definition) is 2. The Morgan fingerprint density at radius 3 is 2.67 bits per heavy atom. The van der Waals surface area contributed by atoms with Crippen molar-refractivity contribution in [2.24, 2.45) is 0 Å². The standard InChI is InChI=1S/C20H16FN5O/c21-13-8-6-12(7-9-13)15-10-17(15)23-20-24-18-16(19(27)25-20)11-22-26(18)14-4-2-1-3-5-14/h1-9,11,15,17H,10H2,(H2,23,24,25,27)/t15-,17+/m0/s1. The van der Waals surface area contributed by atoms with Crippen molar-refractivity contribution >= 4 is 17.0 Å². The average molecular weight is 361 g/mol. The second kappa shape index (κ2) is 6.05. The Morgan fingerprint density at radius 2 is 1.89 bits per heavy atom. The van der Waals surface area contributed by atoms with E-state index in [0.29, 0.717) is 17.0 Å². The zero-order chi connectivity index (χ0) is 18.4. The van der Waals surface area contributed by atoms with Crippen LogP contribution >= 0.6 is 0 Å². The van der Waals surface area contributed by atoms with Crippen molar-refractivity contribution in [1.82, 2.24) is 19.7 Å². The molecule has 0 radical (unpaired) electrons. The molecule has 134 valence electrons. The lowest BCUT2D eigenvalue weighted by atomic mass is 10.1. The van der Waals surface area contributed by atoms with Gasteiger partial charge in [-0.05, 0) is 36.2 Å². The van der Waals surface area contributed by atoms with E-state index in [9.17, 15) is 9.18 Å². The van der Waals surface area contributed by atoms with Crippen molar-refractivity contribution in [2.45, 2.75) is 18.4 Å². The summed E-state index contributed by atoms with van der Waals surface area (Å²) in [5.74, 6) is 0.458. The highest BCUT2D eigenvalue weighted by Crippen LogP contribution is 2.42. The molecule has 1 saturated carbocycles. The molecule has 0 unspecified atom stereocenters. The molecule has 5 rings (SSSR count). The average Bonchev–Trinajstić information content (AvgIpc) is 3.30. The number of rotatable bonds is 4. The molecular weight excluding hydrogens is 345 g/mol. The SMILES string of the molecule is O=c1[nH]c(N[C@@H]2C[C@H]2c2ccc(F)cc2)nc2c1cnn2-c1ccccc1. The Balaban J connectivity index is 1.45. The van der Waals surface area contributed by atoms with Crippen molar-refractivity contribution in [1.29, 1.82) is 0 Å². The first-order chi connectivity index (χ1) is 13.2. The molecule has 2 atom stereocenters. The molecule has 4 aromatic rings. The fourth-order valence-corrected chi connectivity index (χ4v) is 3.35. The molecule has 0 saturated heterocycles. The lowest BCUT2D eigenvalue weighted by molar-refractivity contribution is 0.627. The Morgan fingerprint density at radius 1 is 1.11 bits per heavy atom. The zero-order valence-electron chi connectivity index (χ0n) is 14.3. The number of halogens is 1. The minimum absolute atomic E-state index is 0.157. The van der Waals surface area contributed by atoms with Gasteiger partial charge in [-0.3, -0.25) is 9.78 Å². The van der Waals surface area contributed by atoms with E-state index in [-0.39, 0.29) is 23.3 Å². The van der Waals surface area contributed by atoms with Crippen molar-refractivity contribution < 1.29 is 4.39 Å². The Bertz CT molecular complexity index is 1170. The molecule has 0 bridgehead atoms. The largest absolute Gasteiger partial charge is 0.352 e. The Labute approximate surface area is 153 Å². The van der Waals surface area contributed by atoms with Crippen LogP contribution in [0.2, 0.25) is 0 Å². The highest BCUT2D eigenvalue weighted by atomic mass is 19.1. The van der Waals surface area contributed by atoms with Crippen LogP contribution in [0.4, 0.5) is 10.3 Å². The van der Waals surface area contributed by atoms with E-state index < -0.39 is 0 Å². The molecule has 27 heavy (non-hydrogen) atoms. The van der Waals surface area contributed by atoms with Crippen LogP contribution in [-0.2, 0) is 0 Å². The Kier molecular flexibility index (Phi) is 3.53. The summed E-state index contributed by atoms with van der Waals surface area (Å²) in [6.45, 7) is 0. The highest BCUT2D eigenvalue weighted by molar-refractivity contribution is 5.76. The lowest BCUT2D eigenvalue weighted by Gasteiger charge is -2.07. The zero-order valence-corrected chi connectivity index (χ0v) is 14.3. The third kappa shape index (κ3) is 2.87. The quantitative estimate of drug-likeness (QED) is 0.585. The topological polar surface area (TPSA) is 75.6 Å². The lowest BCUT2D eigenvalue weighted by Crippen LogP contribution is -2.15. The van der Waals surface area contributed by atoms with Crippen LogP contribution in [0.15, 0.2) is 65.6 Å². The number of nitrogens with one attached hydrogen (secondary N) is 2. The van der Waals surface area contributed by atoms with E-state index in [1.807, 2.05) is 30.3 Å². The summed E-state index contributed by atoms with van der Waals surface area (Å²) >= 11 is 0. The summed E-state index contributed by atoms with van der Waals surface area (Å²) in [6.07, 6.45) is 2.43. The van der Waals surface area contributed by atoms with E-state index in [1.165, 1.54) is 18.3 Å². The number of hydrogen-bond acceptors (Lipinski definition) is 4. The maximum atomic E-state index is 13.1. The molecule has 2 aromatic heterocycles. The summed E-state index contributed by atoms with van der Waals surface area (Å²) in [6, 6.07) is 16.2. The third-order valence-corrected chi connectivity index (χ3v) is 4.85. The molecule has 6 nitrogen and oxygen atoms in total. The molecule has 1 aliphatic rings. The fraction of sp³-hybridized carbons (Fsp3) is 0.150. The molecule has 2 aromatic carbocycles. The van der Waals surface area contributed by atoms with Gasteiger partial charge in [0.05, 0.1) is 11.9 Å². The highest BCUT2D eigenvalue weighted by Gasteiger charge is 2.38. The normalized spacial score (nSPS) is 18.6. The smallest absolute Gasteiger partial charge is 0.263 e. The first-order valence-corrected chi connectivity index (χ1v) is 8.74. The number of nitrogens with zero attached hydrogens (tertiary/aromatic N) is 3. The predicted molar refractivity (Wildman–Crippen MR) is 101 cm³/mol. The first kappa shape index (κ1) is 15.7. The van der Waals surface area contributed by atoms with Gasteiger partial charge in [0.25, 0.3) is 5.56 Å². The molecule has 1 aliphatic carbocycles. The first-order valence-electron chi connectivity index (χ1n) is 8.74. The van der Waals surface area contributed by atoms with Crippen molar-refractivity contribution in [3.05, 3.63) is 82.5 Å². The molecule has 0 amide bonds. The van der Waals surface area contributed by atoms with Crippen molar-refractivity contribution in [2.75, 3.05) is 5.32 Å².